The summed E-state index contributed by atoms with van der Waals surface area (Å²) in [7, 11) is 0. The van der Waals surface area contributed by atoms with E-state index in [0.29, 0.717) is 49.0 Å². The zero-order valence-corrected chi connectivity index (χ0v) is 37.0. The first-order valence-corrected chi connectivity index (χ1v) is 22.2. The van der Waals surface area contributed by atoms with Crippen molar-refractivity contribution in [3.8, 4) is 0 Å². The summed E-state index contributed by atoms with van der Waals surface area (Å²) in [5.74, 6) is -0.917. The van der Waals surface area contributed by atoms with Gasteiger partial charge < -0.3 is 16.0 Å². The number of nitrogens with one attached hydrogen (secondary N) is 3. The SMILES string of the molecule is C=C1CCc2cc(NC(=O)c3ccncc3)c(F)cc2C1.C=C1CCc2cc(NC(=O)c3ccncc3CC)ccc2C1.CCc1cnccc1CNc1cc2c(cc1F)CC(=O)CC2. The number of allylic oxidation sites excluding steroid dienone is 2. The monoisotopic (exact) mass is 872 g/mol. The zero-order valence-electron chi connectivity index (χ0n) is 37.0. The number of anilines is 3. The Morgan fingerprint density at radius 1 is 0.569 bits per heavy atom. The summed E-state index contributed by atoms with van der Waals surface area (Å²) < 4.78 is 28.3. The quantitative estimate of drug-likeness (QED) is 0.124. The van der Waals surface area contributed by atoms with Crippen molar-refractivity contribution in [1.82, 2.24) is 15.0 Å². The highest BCUT2D eigenvalue weighted by molar-refractivity contribution is 6.05. The number of hydrogen-bond acceptors (Lipinski definition) is 7. The molecular formula is C54H54F2N6O3. The number of rotatable bonds is 9. The fraction of sp³-hybridized carbons (Fsp3) is 0.259. The second-order valence-electron chi connectivity index (χ2n) is 16.6. The molecule has 3 aromatic heterocycles. The molecule has 0 spiro atoms. The van der Waals surface area contributed by atoms with E-state index in [4.69, 9.17) is 0 Å². The highest BCUT2D eigenvalue weighted by Gasteiger charge is 2.20. The molecule has 0 saturated carbocycles. The van der Waals surface area contributed by atoms with Crippen molar-refractivity contribution < 1.29 is 23.2 Å². The summed E-state index contributed by atoms with van der Waals surface area (Å²) in [5.41, 5.74) is 15.0. The maximum atomic E-state index is 14.2. The van der Waals surface area contributed by atoms with Crippen LogP contribution in [0.25, 0.3) is 0 Å². The van der Waals surface area contributed by atoms with Crippen molar-refractivity contribution in [1.29, 1.82) is 0 Å². The molecule has 0 fully saturated rings. The summed E-state index contributed by atoms with van der Waals surface area (Å²) in [5, 5.41) is 8.81. The zero-order chi connectivity index (χ0) is 45.9. The van der Waals surface area contributed by atoms with Crippen LogP contribution in [-0.2, 0) is 62.7 Å². The molecule has 3 N–H and O–H groups in total. The van der Waals surface area contributed by atoms with Crippen LogP contribution in [0.15, 0.2) is 128 Å². The Morgan fingerprint density at radius 2 is 1.15 bits per heavy atom. The number of aromatic nitrogens is 3. The van der Waals surface area contributed by atoms with Gasteiger partial charge in [-0.15, -0.1) is 0 Å². The average Bonchev–Trinajstić information content (AvgIpc) is 3.32. The van der Waals surface area contributed by atoms with E-state index in [1.807, 2.05) is 31.3 Å². The Kier molecular flexibility index (Phi) is 15.2. The number of carbonyl (C=O) groups is 3. The third kappa shape index (κ3) is 11.9. The van der Waals surface area contributed by atoms with Crippen LogP contribution in [0.1, 0.15) is 104 Å². The standard InChI is InChI=1S/C19H20N2O.C18H19FN2O.C17H15FN2O/c1-3-14-12-20-9-8-18(14)19(22)21-17-7-6-15-10-13(2)4-5-16(15)11-17;1-2-12-10-20-6-5-14(12)11-21-18-9-13-3-4-16(22)7-15(13)8-17(18)19;1-11-2-3-13-10-16(15(18)9-14(13)8-11)20-17(21)12-4-6-19-7-5-12/h6-9,11-12H,2-5,10H2,1H3,(H,21,22);5-6,8-10,21H,2-4,7,11H2,1H3;4-7,9-10H,1-3,8H2,(H,20,21). The molecule has 0 radical (unpaired) electrons. The van der Waals surface area contributed by atoms with Crippen molar-refractivity contribution >= 4 is 34.7 Å². The Hall–Kier alpha value is -7.14. The van der Waals surface area contributed by atoms with Gasteiger partial charge in [-0.1, -0.05) is 44.2 Å². The van der Waals surface area contributed by atoms with Crippen LogP contribution in [0.5, 0.6) is 0 Å². The van der Waals surface area contributed by atoms with Gasteiger partial charge in [0.2, 0.25) is 0 Å². The number of nitrogens with zero attached hydrogens (tertiary/aromatic N) is 3. The first-order chi connectivity index (χ1) is 31.5. The number of aryl methyl sites for hydroxylation is 5. The lowest BCUT2D eigenvalue weighted by Gasteiger charge is -2.19. The fourth-order valence-corrected chi connectivity index (χ4v) is 8.33. The normalized spacial score (nSPS) is 13.7. The molecule has 0 saturated heterocycles. The molecule has 9 rings (SSSR count). The topological polar surface area (TPSA) is 126 Å². The number of Topliss-reactive ketones (excluding diaryl/α,β-unsaturated/α-hetero) is 1. The molecule has 6 aromatic rings. The van der Waals surface area contributed by atoms with E-state index in [-0.39, 0.29) is 29.1 Å². The third-order valence-corrected chi connectivity index (χ3v) is 12.1. The molecule has 3 aromatic carbocycles. The highest BCUT2D eigenvalue weighted by Crippen LogP contribution is 2.30. The molecule has 0 atom stereocenters. The maximum Gasteiger partial charge on any atom is 0.256 e. The number of pyridine rings is 3. The second-order valence-corrected chi connectivity index (χ2v) is 16.6. The minimum atomic E-state index is -0.411. The summed E-state index contributed by atoms with van der Waals surface area (Å²) >= 11 is 0. The number of amides is 2. The number of ketones is 1. The van der Waals surface area contributed by atoms with Gasteiger partial charge in [-0.3, -0.25) is 29.3 Å². The summed E-state index contributed by atoms with van der Waals surface area (Å²) in [4.78, 5) is 48.0. The van der Waals surface area contributed by atoms with Crippen LogP contribution >= 0.6 is 0 Å². The van der Waals surface area contributed by atoms with E-state index in [1.165, 1.54) is 46.8 Å². The van der Waals surface area contributed by atoms with Crippen molar-refractivity contribution in [2.24, 2.45) is 0 Å². The van der Waals surface area contributed by atoms with E-state index in [1.54, 1.807) is 42.9 Å². The van der Waals surface area contributed by atoms with E-state index >= 15 is 0 Å². The Labute approximate surface area is 379 Å². The minimum absolute atomic E-state index is 0.0700. The Bertz CT molecular complexity index is 2750. The van der Waals surface area contributed by atoms with Crippen LogP contribution in [0.4, 0.5) is 25.8 Å². The fourth-order valence-electron chi connectivity index (χ4n) is 8.33. The number of fused-ring (bicyclic) bond motifs is 3. The smallest absolute Gasteiger partial charge is 0.256 e. The first-order valence-electron chi connectivity index (χ1n) is 22.2. The molecule has 3 heterocycles. The lowest BCUT2D eigenvalue weighted by atomic mass is 9.88. The first kappa shape index (κ1) is 45.9. The van der Waals surface area contributed by atoms with Crippen molar-refractivity contribution in [2.45, 2.75) is 91.0 Å². The van der Waals surface area contributed by atoms with Crippen molar-refractivity contribution in [3.63, 3.8) is 0 Å². The molecule has 332 valence electrons. The van der Waals surface area contributed by atoms with Gasteiger partial charge in [0.25, 0.3) is 11.8 Å². The Morgan fingerprint density at radius 3 is 1.86 bits per heavy atom. The molecule has 3 aliphatic carbocycles. The van der Waals surface area contributed by atoms with E-state index < -0.39 is 5.82 Å². The lowest BCUT2D eigenvalue weighted by Crippen LogP contribution is -2.15. The third-order valence-electron chi connectivity index (χ3n) is 12.1. The highest BCUT2D eigenvalue weighted by atomic mass is 19.1. The van der Waals surface area contributed by atoms with Gasteiger partial charge in [-0.25, -0.2) is 8.78 Å². The maximum absolute atomic E-state index is 14.2. The van der Waals surface area contributed by atoms with Crippen LogP contribution < -0.4 is 16.0 Å². The lowest BCUT2D eigenvalue weighted by molar-refractivity contribution is -0.118. The predicted octanol–water partition coefficient (Wildman–Crippen LogP) is 10.9. The second kappa shape index (κ2) is 21.5. The summed E-state index contributed by atoms with van der Waals surface area (Å²) in [6.07, 6.45) is 18.9. The summed E-state index contributed by atoms with van der Waals surface area (Å²) in [6.45, 7) is 12.7. The summed E-state index contributed by atoms with van der Waals surface area (Å²) in [6, 6.07) is 19.7. The molecule has 65 heavy (non-hydrogen) atoms. The molecule has 2 amide bonds. The van der Waals surface area contributed by atoms with Crippen LogP contribution in [0.3, 0.4) is 0 Å². The molecule has 11 heteroatoms. The number of carbonyl (C=O) groups excluding carboxylic acids is 3. The van der Waals surface area contributed by atoms with Gasteiger partial charge in [0, 0.05) is 73.4 Å². The Balaban J connectivity index is 0.000000145. The van der Waals surface area contributed by atoms with Gasteiger partial charge in [0.1, 0.15) is 17.4 Å². The van der Waals surface area contributed by atoms with Crippen LogP contribution in [0, 0.1) is 11.6 Å². The molecule has 0 aliphatic heterocycles. The van der Waals surface area contributed by atoms with Gasteiger partial charge in [-0.2, -0.15) is 0 Å². The van der Waals surface area contributed by atoms with Crippen LogP contribution in [0.2, 0.25) is 0 Å². The van der Waals surface area contributed by atoms with Crippen molar-refractivity contribution in [2.75, 3.05) is 16.0 Å². The van der Waals surface area contributed by atoms with E-state index in [9.17, 15) is 23.2 Å². The van der Waals surface area contributed by atoms with E-state index in [0.717, 1.165) is 89.6 Å². The molecular weight excluding hydrogens is 819 g/mol. The minimum Gasteiger partial charge on any atom is -0.379 e. The van der Waals surface area contributed by atoms with Gasteiger partial charge in [0.05, 0.1) is 11.4 Å². The predicted molar refractivity (Wildman–Crippen MR) is 253 cm³/mol. The van der Waals surface area contributed by atoms with Gasteiger partial charge in [0.15, 0.2) is 0 Å². The van der Waals surface area contributed by atoms with Crippen molar-refractivity contribution in [3.05, 3.63) is 201 Å². The van der Waals surface area contributed by atoms with Crippen LogP contribution in [-0.4, -0.2) is 32.5 Å². The van der Waals surface area contributed by atoms with E-state index in [2.05, 4.69) is 63.1 Å². The number of halogens is 2. The molecule has 3 aliphatic rings. The number of benzene rings is 3. The average molecular weight is 873 g/mol. The number of hydrogen-bond donors (Lipinski definition) is 3. The molecule has 0 bridgehead atoms. The molecule has 9 nitrogen and oxygen atoms in total. The largest absolute Gasteiger partial charge is 0.379 e. The van der Waals surface area contributed by atoms with Gasteiger partial charge >= 0.3 is 0 Å². The molecule has 0 unspecified atom stereocenters. The van der Waals surface area contributed by atoms with Gasteiger partial charge in [-0.05, 0) is 169 Å².